The quantitative estimate of drug-likeness (QED) is 0.828. The molecule has 0 saturated heterocycles. The van der Waals surface area contributed by atoms with Crippen LogP contribution in [-0.4, -0.2) is 21.0 Å². The highest BCUT2D eigenvalue weighted by molar-refractivity contribution is 6.29. The first kappa shape index (κ1) is 13.3. The van der Waals surface area contributed by atoms with Gasteiger partial charge in [-0.2, -0.15) is 0 Å². The molecule has 0 saturated carbocycles. The molecule has 19 heavy (non-hydrogen) atoms. The van der Waals surface area contributed by atoms with Crippen LogP contribution in [0.5, 0.6) is 5.75 Å². The van der Waals surface area contributed by atoms with Crippen molar-refractivity contribution < 1.29 is 9.90 Å². The minimum Gasteiger partial charge on any atom is -0.508 e. The van der Waals surface area contributed by atoms with E-state index < -0.39 is 5.91 Å². The van der Waals surface area contributed by atoms with Crippen molar-refractivity contribution in [2.75, 3.05) is 5.32 Å². The van der Waals surface area contributed by atoms with E-state index in [2.05, 4.69) is 15.3 Å². The minimum atomic E-state index is -0.406. The van der Waals surface area contributed by atoms with Gasteiger partial charge >= 0.3 is 0 Å². The standard InChI is InChI=1S/C13H12ClN3O2/c1-7-3-4-9(6-10(7)18)12(19)17-13-15-8(2)5-11(14)16-13/h3-6,18H,1-2H3,(H,15,16,17,19). The number of rotatable bonds is 2. The summed E-state index contributed by atoms with van der Waals surface area (Å²) >= 11 is 5.78. The fraction of sp³-hybridized carbons (Fsp3) is 0.154. The maximum absolute atomic E-state index is 12.0. The predicted octanol–water partition coefficient (Wildman–Crippen LogP) is 2.70. The molecule has 2 N–H and O–H groups in total. The highest BCUT2D eigenvalue weighted by atomic mass is 35.5. The second kappa shape index (κ2) is 5.24. The fourth-order valence-corrected chi connectivity index (χ4v) is 1.75. The van der Waals surface area contributed by atoms with Crippen LogP contribution in [0.3, 0.4) is 0 Å². The number of phenols is 1. The minimum absolute atomic E-state index is 0.0656. The maximum Gasteiger partial charge on any atom is 0.258 e. The Morgan fingerprint density at radius 3 is 2.63 bits per heavy atom. The molecule has 0 fully saturated rings. The molecule has 1 amide bonds. The Balaban J connectivity index is 2.22. The zero-order valence-electron chi connectivity index (χ0n) is 10.4. The molecule has 5 nitrogen and oxygen atoms in total. The Kier molecular flexibility index (Phi) is 3.66. The van der Waals surface area contributed by atoms with Crippen LogP contribution in [0.25, 0.3) is 0 Å². The summed E-state index contributed by atoms with van der Waals surface area (Å²) in [4.78, 5) is 19.9. The van der Waals surface area contributed by atoms with Crippen LogP contribution in [0, 0.1) is 13.8 Å². The molecule has 98 valence electrons. The lowest BCUT2D eigenvalue weighted by molar-refractivity contribution is 0.102. The lowest BCUT2D eigenvalue weighted by atomic mass is 10.1. The maximum atomic E-state index is 12.0. The Bertz CT molecular complexity index is 624. The van der Waals surface area contributed by atoms with Gasteiger partial charge in [0, 0.05) is 11.3 Å². The van der Waals surface area contributed by atoms with Crippen molar-refractivity contribution in [2.24, 2.45) is 0 Å². The molecule has 0 radical (unpaired) electrons. The molecule has 2 aromatic rings. The number of halogens is 1. The number of carbonyl (C=O) groups is 1. The molecule has 0 bridgehead atoms. The third-order valence-electron chi connectivity index (χ3n) is 2.52. The molecule has 0 aliphatic rings. The van der Waals surface area contributed by atoms with Gasteiger partial charge < -0.3 is 5.11 Å². The van der Waals surface area contributed by atoms with E-state index >= 15 is 0 Å². The first-order valence-corrected chi connectivity index (χ1v) is 5.95. The molecular weight excluding hydrogens is 266 g/mol. The van der Waals surface area contributed by atoms with Gasteiger partial charge in [0.1, 0.15) is 10.9 Å². The van der Waals surface area contributed by atoms with Crippen LogP contribution < -0.4 is 5.32 Å². The van der Waals surface area contributed by atoms with Gasteiger partial charge in [0.05, 0.1) is 0 Å². The third kappa shape index (κ3) is 3.20. The Hall–Kier alpha value is -2.14. The lowest BCUT2D eigenvalue weighted by Gasteiger charge is -2.06. The lowest BCUT2D eigenvalue weighted by Crippen LogP contribution is -2.14. The van der Waals surface area contributed by atoms with E-state index in [0.29, 0.717) is 16.8 Å². The van der Waals surface area contributed by atoms with Gasteiger partial charge in [0.15, 0.2) is 0 Å². The number of aromatic hydroxyl groups is 1. The molecule has 1 aromatic carbocycles. The van der Waals surface area contributed by atoms with E-state index in [9.17, 15) is 9.90 Å². The normalized spacial score (nSPS) is 10.3. The van der Waals surface area contributed by atoms with Crippen LogP contribution in [-0.2, 0) is 0 Å². The number of anilines is 1. The largest absolute Gasteiger partial charge is 0.508 e. The second-order valence-corrected chi connectivity index (χ2v) is 4.50. The molecule has 6 heteroatoms. The number of hydrogen-bond acceptors (Lipinski definition) is 4. The Labute approximate surface area is 115 Å². The summed E-state index contributed by atoms with van der Waals surface area (Å²) in [7, 11) is 0. The second-order valence-electron chi connectivity index (χ2n) is 4.11. The first-order chi connectivity index (χ1) is 8.95. The number of nitrogens with zero attached hydrogens (tertiary/aromatic N) is 2. The van der Waals surface area contributed by atoms with Crippen LogP contribution in [0.15, 0.2) is 24.3 Å². The number of amides is 1. The summed E-state index contributed by atoms with van der Waals surface area (Å²) in [5, 5.41) is 12.4. The van der Waals surface area contributed by atoms with E-state index in [1.165, 1.54) is 6.07 Å². The first-order valence-electron chi connectivity index (χ1n) is 5.58. The van der Waals surface area contributed by atoms with E-state index in [1.807, 2.05) is 0 Å². The van der Waals surface area contributed by atoms with E-state index in [-0.39, 0.29) is 16.9 Å². The van der Waals surface area contributed by atoms with Gasteiger partial charge in [-0.05, 0) is 37.6 Å². The van der Waals surface area contributed by atoms with Crippen molar-refractivity contribution in [1.82, 2.24) is 9.97 Å². The SMILES string of the molecule is Cc1cc(Cl)nc(NC(=O)c2ccc(C)c(O)c2)n1. The molecule has 1 aromatic heterocycles. The monoisotopic (exact) mass is 277 g/mol. The van der Waals surface area contributed by atoms with Crippen molar-refractivity contribution in [2.45, 2.75) is 13.8 Å². The Morgan fingerprint density at radius 1 is 1.26 bits per heavy atom. The zero-order valence-corrected chi connectivity index (χ0v) is 11.2. The molecule has 1 heterocycles. The van der Waals surface area contributed by atoms with Crippen molar-refractivity contribution in [3.8, 4) is 5.75 Å². The number of benzene rings is 1. The molecule has 2 rings (SSSR count). The van der Waals surface area contributed by atoms with E-state index in [4.69, 9.17) is 11.6 Å². The highest BCUT2D eigenvalue weighted by Gasteiger charge is 2.10. The zero-order chi connectivity index (χ0) is 14.0. The smallest absolute Gasteiger partial charge is 0.258 e. The number of nitrogens with one attached hydrogen (secondary N) is 1. The van der Waals surface area contributed by atoms with Crippen molar-refractivity contribution in [3.63, 3.8) is 0 Å². The highest BCUT2D eigenvalue weighted by Crippen LogP contribution is 2.18. The summed E-state index contributed by atoms with van der Waals surface area (Å²) in [6.07, 6.45) is 0. The fourth-order valence-electron chi connectivity index (χ4n) is 1.51. The third-order valence-corrected chi connectivity index (χ3v) is 2.71. The molecule has 0 spiro atoms. The van der Waals surface area contributed by atoms with E-state index in [0.717, 1.165) is 0 Å². The van der Waals surface area contributed by atoms with Crippen molar-refractivity contribution in [3.05, 3.63) is 46.2 Å². The van der Waals surface area contributed by atoms with Crippen LogP contribution in [0.2, 0.25) is 5.15 Å². The van der Waals surface area contributed by atoms with E-state index in [1.54, 1.807) is 32.0 Å². The van der Waals surface area contributed by atoms with Crippen molar-refractivity contribution in [1.29, 1.82) is 0 Å². The van der Waals surface area contributed by atoms with Crippen LogP contribution >= 0.6 is 11.6 Å². The van der Waals surface area contributed by atoms with Crippen molar-refractivity contribution >= 4 is 23.5 Å². The average Bonchev–Trinajstić information content (AvgIpc) is 2.31. The number of aryl methyl sites for hydroxylation is 2. The van der Waals surface area contributed by atoms with Gasteiger partial charge in [-0.1, -0.05) is 17.7 Å². The summed E-state index contributed by atoms with van der Waals surface area (Å²) in [5.41, 5.74) is 1.68. The number of aromatic nitrogens is 2. The number of phenolic OH excluding ortho intramolecular Hbond substituents is 1. The molecule has 0 atom stereocenters. The molecular formula is C13H12ClN3O2. The summed E-state index contributed by atoms with van der Waals surface area (Å²) < 4.78 is 0. The predicted molar refractivity (Wildman–Crippen MR) is 72.6 cm³/mol. The van der Waals surface area contributed by atoms with Gasteiger partial charge in [-0.25, -0.2) is 9.97 Å². The van der Waals surface area contributed by atoms with Gasteiger partial charge in [-0.3, -0.25) is 10.1 Å². The van der Waals surface area contributed by atoms with Crippen LogP contribution in [0.1, 0.15) is 21.6 Å². The number of hydrogen-bond donors (Lipinski definition) is 2. The molecule has 0 aliphatic carbocycles. The van der Waals surface area contributed by atoms with Gasteiger partial charge in [0.25, 0.3) is 5.91 Å². The topological polar surface area (TPSA) is 75.1 Å². The molecule has 0 aliphatic heterocycles. The van der Waals surface area contributed by atoms with Gasteiger partial charge in [0.2, 0.25) is 5.95 Å². The Morgan fingerprint density at radius 2 is 2.00 bits per heavy atom. The van der Waals surface area contributed by atoms with Crippen LogP contribution in [0.4, 0.5) is 5.95 Å². The summed E-state index contributed by atoms with van der Waals surface area (Å²) in [5.74, 6) is -0.206. The number of carbonyl (C=O) groups excluding carboxylic acids is 1. The molecule has 0 unspecified atom stereocenters. The average molecular weight is 278 g/mol. The summed E-state index contributed by atoms with van der Waals surface area (Å²) in [6, 6.07) is 6.26. The van der Waals surface area contributed by atoms with Gasteiger partial charge in [-0.15, -0.1) is 0 Å². The summed E-state index contributed by atoms with van der Waals surface area (Å²) in [6.45, 7) is 3.50.